The van der Waals surface area contributed by atoms with Crippen molar-refractivity contribution in [2.45, 2.75) is 50.0 Å². The lowest BCUT2D eigenvalue weighted by atomic mass is 10.1. The van der Waals surface area contributed by atoms with Crippen molar-refractivity contribution in [3.63, 3.8) is 0 Å². The number of anilines is 1. The normalized spacial score (nSPS) is 18.3. The Morgan fingerprint density at radius 3 is 2.09 bits per heavy atom. The van der Waals surface area contributed by atoms with E-state index in [2.05, 4.69) is 15.3 Å². The van der Waals surface area contributed by atoms with Crippen LogP contribution in [-0.4, -0.2) is 71.8 Å². The molecule has 0 spiro atoms. The maximum absolute atomic E-state index is 13.3. The number of aromatic nitrogens is 3. The number of oxazole rings is 1. The number of carbonyl (C=O) groups excluding carboxylic acids is 3. The number of aromatic amines is 1. The van der Waals surface area contributed by atoms with E-state index in [4.69, 9.17) is 9.40 Å². The zero-order valence-electron chi connectivity index (χ0n) is 28.8. The first kappa shape index (κ1) is 34.0. The molecule has 2 aliphatic rings. The number of nitrogens with one attached hydrogen (secondary N) is 2. The van der Waals surface area contributed by atoms with Crippen LogP contribution in [0.4, 0.5) is 5.69 Å². The molecule has 0 saturated carbocycles. The molecule has 3 amide bonds. The number of aliphatic hydroxyl groups is 2. The van der Waals surface area contributed by atoms with E-state index in [1.165, 1.54) is 4.90 Å². The third-order valence-electron chi connectivity index (χ3n) is 10.1. The number of rotatable bonds is 9. The number of likely N-dealkylation sites (tertiary alicyclic amines) is 2. The Kier molecular flexibility index (Phi) is 9.30. The molecule has 0 radical (unpaired) electrons. The van der Waals surface area contributed by atoms with Gasteiger partial charge in [0.15, 0.2) is 18.0 Å². The van der Waals surface area contributed by atoms with Crippen LogP contribution in [0.25, 0.3) is 33.8 Å². The van der Waals surface area contributed by atoms with Crippen molar-refractivity contribution in [2.75, 3.05) is 18.4 Å². The van der Waals surface area contributed by atoms with E-state index in [0.717, 1.165) is 29.4 Å². The average molecular weight is 711 g/mol. The summed E-state index contributed by atoms with van der Waals surface area (Å²) in [5.41, 5.74) is 4.66. The van der Waals surface area contributed by atoms with Crippen LogP contribution in [0.3, 0.4) is 0 Å². The van der Waals surface area contributed by atoms with Crippen molar-refractivity contribution >= 4 is 34.4 Å². The highest BCUT2D eigenvalue weighted by molar-refractivity contribution is 5.98. The van der Waals surface area contributed by atoms with Crippen LogP contribution in [0.1, 0.15) is 60.9 Å². The number of benzene rings is 4. The first-order chi connectivity index (χ1) is 25.8. The van der Waals surface area contributed by atoms with E-state index in [-0.39, 0.29) is 17.9 Å². The third kappa shape index (κ3) is 6.82. The molecular formula is C41H38N6O6. The molecule has 4 heterocycles. The molecule has 0 bridgehead atoms. The van der Waals surface area contributed by atoms with Gasteiger partial charge in [-0.3, -0.25) is 14.4 Å². The molecule has 0 aliphatic carbocycles. The monoisotopic (exact) mass is 710 g/mol. The summed E-state index contributed by atoms with van der Waals surface area (Å²) < 4.78 is 6.15. The molecule has 53 heavy (non-hydrogen) atoms. The Labute approximate surface area is 305 Å². The second-order valence-corrected chi connectivity index (χ2v) is 13.5. The summed E-state index contributed by atoms with van der Waals surface area (Å²) in [5.74, 6) is 0.507. The number of amides is 3. The molecule has 12 heteroatoms. The Morgan fingerprint density at radius 2 is 1.40 bits per heavy atom. The molecule has 2 aliphatic heterocycles. The van der Waals surface area contributed by atoms with Crippen molar-refractivity contribution in [1.82, 2.24) is 24.8 Å². The second kappa shape index (κ2) is 14.5. The second-order valence-electron chi connectivity index (χ2n) is 13.5. The fourth-order valence-electron chi connectivity index (χ4n) is 7.29. The lowest BCUT2D eigenvalue weighted by molar-refractivity contribution is -0.144. The smallest absolute Gasteiger partial charge is 0.256 e. The number of imidazole rings is 1. The highest BCUT2D eigenvalue weighted by atomic mass is 16.4. The van der Waals surface area contributed by atoms with E-state index in [0.29, 0.717) is 65.8 Å². The topological polar surface area (TPSA) is 165 Å². The fraction of sp³-hybridized carbons (Fsp3) is 0.244. The molecule has 8 rings (SSSR count). The van der Waals surface area contributed by atoms with Gasteiger partial charge in [-0.2, -0.15) is 0 Å². The Bertz CT molecular complexity index is 2250. The molecule has 0 unspecified atom stereocenters. The summed E-state index contributed by atoms with van der Waals surface area (Å²) in [4.78, 5) is 55.5. The van der Waals surface area contributed by atoms with Crippen LogP contribution in [0.15, 0.2) is 114 Å². The van der Waals surface area contributed by atoms with Gasteiger partial charge in [0, 0.05) is 29.9 Å². The van der Waals surface area contributed by atoms with Crippen LogP contribution in [0.5, 0.6) is 0 Å². The molecule has 12 nitrogen and oxygen atoms in total. The van der Waals surface area contributed by atoms with Crippen molar-refractivity contribution in [3.05, 3.63) is 126 Å². The Morgan fingerprint density at radius 1 is 0.774 bits per heavy atom. The number of aliphatic hydroxyl groups excluding tert-OH is 2. The summed E-state index contributed by atoms with van der Waals surface area (Å²) in [7, 11) is 0. The van der Waals surface area contributed by atoms with E-state index in [1.54, 1.807) is 83.9 Å². The summed E-state index contributed by atoms with van der Waals surface area (Å²) in [6, 6.07) is 29.6. The molecule has 4 aromatic carbocycles. The van der Waals surface area contributed by atoms with Gasteiger partial charge in [0.05, 0.1) is 23.3 Å². The predicted molar refractivity (Wildman–Crippen MR) is 197 cm³/mol. The van der Waals surface area contributed by atoms with Gasteiger partial charge in [-0.15, -0.1) is 0 Å². The van der Waals surface area contributed by atoms with E-state index in [1.807, 2.05) is 30.3 Å². The average Bonchev–Trinajstić information content (AvgIpc) is 4.04. The van der Waals surface area contributed by atoms with Crippen LogP contribution in [0.2, 0.25) is 0 Å². The molecule has 4 atom stereocenters. The molecule has 2 saturated heterocycles. The van der Waals surface area contributed by atoms with Gasteiger partial charge in [-0.25, -0.2) is 9.97 Å². The SMILES string of the molecule is O=C(Nc1ccc(-c2ncc(-c3ccc4nc([C@@H]5CCCN5C(=O)[C@H](O)c5ccccc5)[nH]c4c3)o2)cc1)[C@@H]1CCCN1C(=O)[C@H](O)c1ccccc1. The molecule has 2 aromatic heterocycles. The number of H-pyrrole nitrogens is 1. The summed E-state index contributed by atoms with van der Waals surface area (Å²) in [5, 5.41) is 24.3. The minimum absolute atomic E-state index is 0.270. The van der Waals surface area contributed by atoms with Crippen LogP contribution in [-0.2, 0) is 14.4 Å². The predicted octanol–water partition coefficient (Wildman–Crippen LogP) is 5.95. The zero-order valence-corrected chi connectivity index (χ0v) is 28.8. The number of hydrogen-bond donors (Lipinski definition) is 4. The number of hydrogen-bond acceptors (Lipinski definition) is 8. The van der Waals surface area contributed by atoms with E-state index >= 15 is 0 Å². The van der Waals surface area contributed by atoms with Gasteiger partial charge in [0.1, 0.15) is 11.9 Å². The van der Waals surface area contributed by atoms with E-state index < -0.39 is 24.2 Å². The third-order valence-corrected chi connectivity index (χ3v) is 10.1. The minimum Gasteiger partial charge on any atom is -0.436 e. The van der Waals surface area contributed by atoms with Gasteiger partial charge in [0.25, 0.3) is 11.8 Å². The molecular weight excluding hydrogens is 672 g/mol. The first-order valence-electron chi connectivity index (χ1n) is 17.8. The Hall–Kier alpha value is -6.11. The van der Waals surface area contributed by atoms with E-state index in [9.17, 15) is 24.6 Å². The summed E-state index contributed by atoms with van der Waals surface area (Å²) in [6.45, 7) is 0.950. The highest BCUT2D eigenvalue weighted by Gasteiger charge is 2.38. The minimum atomic E-state index is -1.32. The lowest BCUT2D eigenvalue weighted by Gasteiger charge is -2.26. The van der Waals surface area contributed by atoms with Gasteiger partial charge < -0.3 is 34.7 Å². The summed E-state index contributed by atoms with van der Waals surface area (Å²) >= 11 is 0. The standard InChI is InChI=1S/C41H38N6O6/c48-35(25-9-3-1-4-10-25)40(51)46-21-7-13-32(46)37-44-30-20-17-28(23-31(30)45-37)34-24-42-39(53-34)27-15-18-29(19-16-27)43-38(50)33-14-8-22-47(33)41(52)36(49)26-11-5-2-6-12-26/h1-6,9-12,15-20,23-24,32-33,35-36,48-49H,7-8,13-14,21-22H2,(H,43,50)(H,44,45)/t32-,33-,35+,36+/m0/s1. The van der Waals surface area contributed by atoms with Crippen molar-refractivity contribution in [1.29, 1.82) is 0 Å². The molecule has 2 fully saturated rings. The van der Waals surface area contributed by atoms with Gasteiger partial charge in [-0.1, -0.05) is 60.7 Å². The van der Waals surface area contributed by atoms with Crippen molar-refractivity contribution in [2.24, 2.45) is 0 Å². The van der Waals surface area contributed by atoms with Crippen molar-refractivity contribution in [3.8, 4) is 22.8 Å². The lowest BCUT2D eigenvalue weighted by Crippen LogP contribution is -2.45. The largest absolute Gasteiger partial charge is 0.436 e. The summed E-state index contributed by atoms with van der Waals surface area (Å²) in [6.07, 6.45) is 1.84. The quantitative estimate of drug-likeness (QED) is 0.143. The van der Waals surface area contributed by atoms with Gasteiger partial charge in [-0.05, 0) is 79.3 Å². The highest BCUT2D eigenvalue weighted by Crippen LogP contribution is 2.35. The van der Waals surface area contributed by atoms with Gasteiger partial charge >= 0.3 is 0 Å². The van der Waals surface area contributed by atoms with Crippen LogP contribution < -0.4 is 5.32 Å². The zero-order chi connectivity index (χ0) is 36.5. The number of carbonyl (C=O) groups is 3. The molecule has 268 valence electrons. The fourth-order valence-corrected chi connectivity index (χ4v) is 7.29. The number of nitrogens with zero attached hydrogens (tertiary/aromatic N) is 4. The van der Waals surface area contributed by atoms with Crippen LogP contribution in [0, 0.1) is 0 Å². The van der Waals surface area contributed by atoms with Crippen LogP contribution >= 0.6 is 0 Å². The first-order valence-corrected chi connectivity index (χ1v) is 17.8. The maximum Gasteiger partial charge on any atom is 0.256 e. The number of fused-ring (bicyclic) bond motifs is 1. The Balaban J connectivity index is 0.924. The maximum atomic E-state index is 13.3. The van der Waals surface area contributed by atoms with Gasteiger partial charge in [0.2, 0.25) is 11.8 Å². The molecule has 4 N–H and O–H groups in total. The molecule has 6 aromatic rings. The van der Waals surface area contributed by atoms with Crippen molar-refractivity contribution < 1.29 is 29.0 Å².